The number of benzene rings is 2. The molecule has 0 radical (unpaired) electrons. The van der Waals surface area contributed by atoms with E-state index in [9.17, 15) is 4.39 Å². The third-order valence-corrected chi connectivity index (χ3v) is 6.31. The van der Waals surface area contributed by atoms with Crippen molar-refractivity contribution in [3.63, 3.8) is 0 Å². The van der Waals surface area contributed by atoms with Gasteiger partial charge in [0.2, 0.25) is 0 Å². The Kier molecular flexibility index (Phi) is 4.08. The minimum Gasteiger partial charge on any atom is -0.312 e. The molecule has 3 heterocycles. The molecule has 5 rings (SSSR count). The van der Waals surface area contributed by atoms with Crippen LogP contribution < -0.4 is 0 Å². The van der Waals surface area contributed by atoms with Gasteiger partial charge in [-0.3, -0.25) is 0 Å². The summed E-state index contributed by atoms with van der Waals surface area (Å²) in [7, 11) is 2.16. The number of halogens is 2. The smallest absolute Gasteiger partial charge is 0.123 e. The molecule has 0 saturated carbocycles. The summed E-state index contributed by atoms with van der Waals surface area (Å²) in [6.45, 7) is 1.96. The Morgan fingerprint density at radius 3 is 2.70 bits per heavy atom. The van der Waals surface area contributed by atoms with E-state index < -0.39 is 0 Å². The number of rotatable bonds is 2. The molecule has 0 aliphatic carbocycles. The first-order chi connectivity index (χ1) is 13.1. The van der Waals surface area contributed by atoms with Gasteiger partial charge in [0.25, 0.3) is 0 Å². The lowest BCUT2D eigenvalue weighted by Gasteiger charge is -2.24. The molecule has 4 aromatic rings. The summed E-state index contributed by atoms with van der Waals surface area (Å²) < 4.78 is 15.8. The highest BCUT2D eigenvalue weighted by atomic mass is 35.5. The van der Waals surface area contributed by atoms with Crippen LogP contribution in [0.4, 0.5) is 4.39 Å². The van der Waals surface area contributed by atoms with Gasteiger partial charge in [-0.1, -0.05) is 23.7 Å². The maximum atomic E-state index is 13.4. The van der Waals surface area contributed by atoms with Crippen LogP contribution >= 0.6 is 22.9 Å². The molecule has 27 heavy (non-hydrogen) atoms. The lowest BCUT2D eigenvalue weighted by Crippen LogP contribution is -2.27. The van der Waals surface area contributed by atoms with Gasteiger partial charge in [0.05, 0.1) is 11.2 Å². The van der Waals surface area contributed by atoms with Gasteiger partial charge in [0.1, 0.15) is 5.82 Å². The summed E-state index contributed by atoms with van der Waals surface area (Å²) in [6.07, 6.45) is 0.997. The van der Waals surface area contributed by atoms with Crippen molar-refractivity contribution in [1.82, 2.24) is 9.47 Å². The van der Waals surface area contributed by atoms with Crippen LogP contribution in [-0.2, 0) is 13.0 Å². The Labute approximate surface area is 166 Å². The number of likely N-dealkylation sites (N-methyl/N-ethyl adjacent to an activating group) is 1. The van der Waals surface area contributed by atoms with Crippen molar-refractivity contribution in [2.75, 3.05) is 13.6 Å². The SMILES string of the molecule is CN1CCc2c(c3cc(Cl)ccc3n2-c2cscc2-c2ccc(F)cc2)C1. The van der Waals surface area contributed by atoms with Crippen LogP contribution in [0.15, 0.2) is 53.2 Å². The molecule has 0 fully saturated rings. The monoisotopic (exact) mass is 396 g/mol. The van der Waals surface area contributed by atoms with Crippen LogP contribution in [-0.4, -0.2) is 23.1 Å². The topological polar surface area (TPSA) is 8.17 Å². The zero-order valence-electron chi connectivity index (χ0n) is 14.9. The molecule has 0 bridgehead atoms. The summed E-state index contributed by atoms with van der Waals surface area (Å²) in [5.41, 5.74) is 7.22. The van der Waals surface area contributed by atoms with E-state index in [-0.39, 0.29) is 5.82 Å². The van der Waals surface area contributed by atoms with E-state index in [4.69, 9.17) is 11.6 Å². The molecule has 1 aliphatic rings. The number of hydrogen-bond donors (Lipinski definition) is 0. The van der Waals surface area contributed by atoms with Crippen molar-refractivity contribution in [2.24, 2.45) is 0 Å². The normalized spacial score (nSPS) is 14.6. The zero-order chi connectivity index (χ0) is 18.5. The van der Waals surface area contributed by atoms with Gasteiger partial charge >= 0.3 is 0 Å². The molecule has 136 valence electrons. The van der Waals surface area contributed by atoms with E-state index in [1.807, 2.05) is 18.2 Å². The number of thiophene rings is 1. The quantitative estimate of drug-likeness (QED) is 0.395. The standard InChI is InChI=1S/C22H18ClFN2S/c1-25-9-8-21-18(11-25)17-10-15(23)4-7-20(17)26(21)22-13-27-12-19(22)14-2-5-16(24)6-3-14/h2-7,10,12-13H,8-9,11H2,1H3. The highest BCUT2D eigenvalue weighted by Crippen LogP contribution is 2.39. The fourth-order valence-electron chi connectivity index (χ4n) is 4.05. The van der Waals surface area contributed by atoms with E-state index in [1.165, 1.54) is 34.3 Å². The molecular formula is C22H18ClFN2S. The molecule has 0 atom stereocenters. The van der Waals surface area contributed by atoms with Gasteiger partial charge in [-0.2, -0.15) is 0 Å². The summed E-state index contributed by atoms with van der Waals surface area (Å²) in [4.78, 5) is 2.35. The minimum absolute atomic E-state index is 0.211. The summed E-state index contributed by atoms with van der Waals surface area (Å²) in [5, 5.41) is 6.32. The van der Waals surface area contributed by atoms with Gasteiger partial charge in [-0.25, -0.2) is 4.39 Å². The lowest BCUT2D eigenvalue weighted by molar-refractivity contribution is 0.311. The molecule has 2 aromatic carbocycles. The van der Waals surface area contributed by atoms with Crippen LogP contribution in [0.2, 0.25) is 5.02 Å². The van der Waals surface area contributed by atoms with E-state index in [2.05, 4.69) is 39.4 Å². The molecule has 0 amide bonds. The number of nitrogens with zero attached hydrogens (tertiary/aromatic N) is 2. The Morgan fingerprint density at radius 1 is 1.07 bits per heavy atom. The molecule has 0 saturated heterocycles. The Balaban J connectivity index is 1.78. The highest BCUT2D eigenvalue weighted by Gasteiger charge is 2.24. The van der Waals surface area contributed by atoms with Crippen LogP contribution in [0.25, 0.3) is 27.7 Å². The minimum atomic E-state index is -0.211. The molecule has 0 unspecified atom stereocenters. The molecule has 2 nitrogen and oxygen atoms in total. The van der Waals surface area contributed by atoms with E-state index in [0.717, 1.165) is 41.3 Å². The number of fused-ring (bicyclic) bond motifs is 3. The predicted molar refractivity (Wildman–Crippen MR) is 112 cm³/mol. The summed E-state index contributed by atoms with van der Waals surface area (Å²) in [6, 6.07) is 12.9. The second-order valence-electron chi connectivity index (χ2n) is 7.09. The largest absolute Gasteiger partial charge is 0.312 e. The van der Waals surface area contributed by atoms with Gasteiger partial charge in [-0.05, 0) is 48.5 Å². The predicted octanol–water partition coefficient (Wildman–Crippen LogP) is 6.14. The van der Waals surface area contributed by atoms with Crippen molar-refractivity contribution in [3.8, 4) is 16.8 Å². The Hall–Kier alpha value is -2.14. The van der Waals surface area contributed by atoms with Gasteiger partial charge in [-0.15, -0.1) is 11.3 Å². The average Bonchev–Trinajstić information content (AvgIpc) is 3.24. The fraction of sp³-hybridized carbons (Fsp3) is 0.182. The molecule has 1 aliphatic heterocycles. The van der Waals surface area contributed by atoms with Crippen molar-refractivity contribution < 1.29 is 4.39 Å². The third-order valence-electron chi connectivity index (χ3n) is 5.34. The third kappa shape index (κ3) is 2.80. The molecule has 2 aromatic heterocycles. The van der Waals surface area contributed by atoms with Crippen LogP contribution in [0.3, 0.4) is 0 Å². The van der Waals surface area contributed by atoms with Crippen LogP contribution in [0.5, 0.6) is 0 Å². The zero-order valence-corrected chi connectivity index (χ0v) is 16.4. The molecule has 0 spiro atoms. The number of hydrogen-bond acceptors (Lipinski definition) is 2. The van der Waals surface area contributed by atoms with Crippen LogP contribution in [0.1, 0.15) is 11.3 Å². The van der Waals surface area contributed by atoms with Crippen molar-refractivity contribution in [2.45, 2.75) is 13.0 Å². The average molecular weight is 397 g/mol. The Bertz CT molecular complexity index is 1140. The second-order valence-corrected chi connectivity index (χ2v) is 8.27. The lowest BCUT2D eigenvalue weighted by atomic mass is 10.0. The van der Waals surface area contributed by atoms with Gasteiger partial charge in [0, 0.05) is 51.9 Å². The first-order valence-corrected chi connectivity index (χ1v) is 10.3. The molecular weight excluding hydrogens is 379 g/mol. The van der Waals surface area contributed by atoms with Gasteiger partial charge < -0.3 is 9.47 Å². The van der Waals surface area contributed by atoms with Crippen LogP contribution in [0, 0.1) is 5.82 Å². The summed E-state index contributed by atoms with van der Waals surface area (Å²) >= 11 is 7.99. The van der Waals surface area contributed by atoms with E-state index in [1.54, 1.807) is 11.3 Å². The first-order valence-electron chi connectivity index (χ1n) is 8.94. The van der Waals surface area contributed by atoms with Gasteiger partial charge in [0.15, 0.2) is 0 Å². The van der Waals surface area contributed by atoms with Crippen molar-refractivity contribution in [1.29, 1.82) is 0 Å². The maximum Gasteiger partial charge on any atom is 0.123 e. The summed E-state index contributed by atoms with van der Waals surface area (Å²) in [5.74, 6) is -0.211. The Morgan fingerprint density at radius 2 is 1.89 bits per heavy atom. The fourth-order valence-corrected chi connectivity index (χ4v) is 5.04. The van der Waals surface area contributed by atoms with Crippen molar-refractivity contribution in [3.05, 3.63) is 75.3 Å². The maximum absolute atomic E-state index is 13.4. The van der Waals surface area contributed by atoms with E-state index >= 15 is 0 Å². The number of aromatic nitrogens is 1. The molecule has 0 N–H and O–H groups in total. The second kappa shape index (κ2) is 6.48. The highest BCUT2D eigenvalue weighted by molar-refractivity contribution is 7.08. The van der Waals surface area contributed by atoms with Crippen molar-refractivity contribution >= 4 is 33.8 Å². The molecule has 5 heteroatoms. The first kappa shape index (κ1) is 17.0. The van der Waals surface area contributed by atoms with E-state index in [0.29, 0.717) is 0 Å².